The van der Waals surface area contributed by atoms with E-state index in [-0.39, 0.29) is 5.91 Å². The number of carbonyl (C=O) groups is 1. The molecule has 0 fully saturated rings. The molecule has 1 N–H and O–H groups in total. The number of benzene rings is 2. The quantitative estimate of drug-likeness (QED) is 0.816. The summed E-state index contributed by atoms with van der Waals surface area (Å²) in [6.07, 6.45) is 0. The molecule has 0 bridgehead atoms. The maximum atomic E-state index is 12.7. The van der Waals surface area contributed by atoms with E-state index in [0.29, 0.717) is 40.0 Å². The van der Waals surface area contributed by atoms with E-state index in [1.165, 1.54) is 21.3 Å². The number of amides is 1. The van der Waals surface area contributed by atoms with Crippen molar-refractivity contribution in [2.45, 2.75) is 6.92 Å². The van der Waals surface area contributed by atoms with Crippen LogP contribution in [0, 0.1) is 6.92 Å². The third kappa shape index (κ3) is 3.77. The maximum Gasteiger partial charge on any atom is 0.255 e. The van der Waals surface area contributed by atoms with E-state index in [2.05, 4.69) is 5.32 Å². The standard InChI is InChI=1S/C19H23NO6/c1-11-14(22-2)9-13(10-15(11)23-3)20-19(21)12-7-16(24-4)18(26-6)17(8-12)25-5/h7-10H,1-6H3,(H,20,21). The Bertz CT molecular complexity index is 753. The lowest BCUT2D eigenvalue weighted by molar-refractivity contribution is 0.102. The molecule has 0 atom stereocenters. The van der Waals surface area contributed by atoms with Gasteiger partial charge in [-0.1, -0.05) is 0 Å². The fourth-order valence-corrected chi connectivity index (χ4v) is 2.57. The highest BCUT2D eigenvalue weighted by Crippen LogP contribution is 2.38. The van der Waals surface area contributed by atoms with Crippen molar-refractivity contribution in [1.29, 1.82) is 0 Å². The molecule has 0 aliphatic heterocycles. The molecule has 140 valence electrons. The van der Waals surface area contributed by atoms with Crippen LogP contribution in [0.1, 0.15) is 15.9 Å². The number of nitrogens with one attached hydrogen (secondary N) is 1. The number of carbonyl (C=O) groups excluding carboxylic acids is 1. The van der Waals surface area contributed by atoms with Crippen molar-refractivity contribution < 1.29 is 28.5 Å². The zero-order chi connectivity index (χ0) is 19.3. The largest absolute Gasteiger partial charge is 0.496 e. The second kappa shape index (κ2) is 8.33. The van der Waals surface area contributed by atoms with Crippen LogP contribution in [0.3, 0.4) is 0 Å². The summed E-state index contributed by atoms with van der Waals surface area (Å²) in [5.41, 5.74) is 1.75. The van der Waals surface area contributed by atoms with Crippen molar-refractivity contribution in [1.82, 2.24) is 0 Å². The Balaban J connectivity index is 2.39. The Morgan fingerprint density at radius 3 is 1.58 bits per heavy atom. The van der Waals surface area contributed by atoms with Gasteiger partial charge in [0, 0.05) is 28.9 Å². The summed E-state index contributed by atoms with van der Waals surface area (Å²) >= 11 is 0. The first-order chi connectivity index (χ1) is 12.5. The molecule has 0 aliphatic rings. The molecular formula is C19H23NO6. The Morgan fingerprint density at radius 1 is 0.731 bits per heavy atom. The predicted octanol–water partition coefficient (Wildman–Crippen LogP) is 3.29. The van der Waals surface area contributed by atoms with Crippen LogP contribution in [-0.4, -0.2) is 41.5 Å². The Morgan fingerprint density at radius 2 is 1.19 bits per heavy atom. The minimum absolute atomic E-state index is 0.336. The molecule has 0 radical (unpaired) electrons. The van der Waals surface area contributed by atoms with Crippen LogP contribution in [-0.2, 0) is 0 Å². The van der Waals surface area contributed by atoms with Gasteiger partial charge >= 0.3 is 0 Å². The van der Waals surface area contributed by atoms with Crippen molar-refractivity contribution in [2.24, 2.45) is 0 Å². The first kappa shape index (κ1) is 19.2. The molecule has 0 saturated heterocycles. The van der Waals surface area contributed by atoms with Crippen LogP contribution in [0.5, 0.6) is 28.7 Å². The van der Waals surface area contributed by atoms with Gasteiger partial charge in [-0.15, -0.1) is 0 Å². The zero-order valence-corrected chi connectivity index (χ0v) is 15.8. The molecule has 0 spiro atoms. The monoisotopic (exact) mass is 361 g/mol. The molecule has 0 aromatic heterocycles. The molecule has 0 heterocycles. The minimum atomic E-state index is -0.336. The lowest BCUT2D eigenvalue weighted by Gasteiger charge is -2.15. The van der Waals surface area contributed by atoms with Crippen molar-refractivity contribution in [3.05, 3.63) is 35.4 Å². The topological polar surface area (TPSA) is 75.3 Å². The number of ether oxygens (including phenoxy) is 5. The van der Waals surface area contributed by atoms with Gasteiger partial charge in [0.1, 0.15) is 11.5 Å². The third-order valence-corrected chi connectivity index (χ3v) is 3.94. The molecule has 0 unspecified atom stereocenters. The summed E-state index contributed by atoms with van der Waals surface area (Å²) in [5, 5.41) is 2.82. The van der Waals surface area contributed by atoms with Gasteiger partial charge in [0.05, 0.1) is 35.5 Å². The summed E-state index contributed by atoms with van der Waals surface area (Å²) in [6, 6.07) is 6.63. The Kier molecular flexibility index (Phi) is 6.16. The number of anilines is 1. The van der Waals surface area contributed by atoms with Crippen molar-refractivity contribution in [2.75, 3.05) is 40.9 Å². The van der Waals surface area contributed by atoms with E-state index in [9.17, 15) is 4.79 Å². The molecule has 26 heavy (non-hydrogen) atoms. The van der Waals surface area contributed by atoms with Gasteiger partial charge in [-0.05, 0) is 19.1 Å². The van der Waals surface area contributed by atoms with Crippen molar-refractivity contribution in [3.63, 3.8) is 0 Å². The first-order valence-electron chi connectivity index (χ1n) is 7.83. The van der Waals surface area contributed by atoms with E-state index < -0.39 is 0 Å². The SMILES string of the molecule is COc1cc(NC(=O)c2cc(OC)c(OC)c(OC)c2)cc(OC)c1C. The van der Waals surface area contributed by atoms with Crippen molar-refractivity contribution in [3.8, 4) is 28.7 Å². The molecule has 0 aliphatic carbocycles. The number of rotatable bonds is 7. The summed E-state index contributed by atoms with van der Waals surface area (Å²) < 4.78 is 26.5. The highest BCUT2D eigenvalue weighted by atomic mass is 16.5. The highest BCUT2D eigenvalue weighted by molar-refractivity contribution is 6.05. The van der Waals surface area contributed by atoms with E-state index >= 15 is 0 Å². The molecule has 2 rings (SSSR count). The molecule has 2 aromatic rings. The average molecular weight is 361 g/mol. The summed E-state index contributed by atoms with van der Waals surface area (Å²) in [4.78, 5) is 12.7. The molecule has 0 saturated carbocycles. The Labute approximate surface area is 152 Å². The van der Waals surface area contributed by atoms with Gasteiger partial charge < -0.3 is 29.0 Å². The van der Waals surface area contributed by atoms with Crippen molar-refractivity contribution >= 4 is 11.6 Å². The molecular weight excluding hydrogens is 338 g/mol. The number of hydrogen-bond donors (Lipinski definition) is 1. The lowest BCUT2D eigenvalue weighted by atomic mass is 10.1. The molecule has 7 nitrogen and oxygen atoms in total. The van der Waals surface area contributed by atoms with Gasteiger partial charge in [0.2, 0.25) is 5.75 Å². The van der Waals surface area contributed by atoms with Gasteiger partial charge in [-0.25, -0.2) is 0 Å². The third-order valence-electron chi connectivity index (χ3n) is 3.94. The summed E-state index contributed by atoms with van der Waals surface area (Å²) in [6.45, 7) is 1.88. The number of methoxy groups -OCH3 is 5. The second-order valence-electron chi connectivity index (χ2n) is 5.37. The van der Waals surface area contributed by atoms with E-state index in [4.69, 9.17) is 23.7 Å². The van der Waals surface area contributed by atoms with E-state index in [1.54, 1.807) is 38.5 Å². The normalized spacial score (nSPS) is 10.1. The van der Waals surface area contributed by atoms with Crippen LogP contribution in [0.25, 0.3) is 0 Å². The first-order valence-corrected chi connectivity index (χ1v) is 7.83. The van der Waals surface area contributed by atoms with Gasteiger partial charge in [0.25, 0.3) is 5.91 Å². The zero-order valence-electron chi connectivity index (χ0n) is 15.8. The smallest absolute Gasteiger partial charge is 0.255 e. The van der Waals surface area contributed by atoms with Crippen LogP contribution in [0.15, 0.2) is 24.3 Å². The number of hydrogen-bond acceptors (Lipinski definition) is 6. The summed E-state index contributed by atoms with van der Waals surface area (Å²) in [7, 11) is 7.62. The molecule has 7 heteroatoms. The van der Waals surface area contributed by atoms with Gasteiger partial charge in [0.15, 0.2) is 11.5 Å². The summed E-state index contributed by atoms with van der Waals surface area (Å²) in [5.74, 6) is 2.11. The van der Waals surface area contributed by atoms with Gasteiger partial charge in [-0.2, -0.15) is 0 Å². The fourth-order valence-electron chi connectivity index (χ4n) is 2.57. The predicted molar refractivity (Wildman–Crippen MR) is 98.3 cm³/mol. The van der Waals surface area contributed by atoms with Crippen LogP contribution >= 0.6 is 0 Å². The van der Waals surface area contributed by atoms with Crippen LogP contribution in [0.2, 0.25) is 0 Å². The Hall–Kier alpha value is -3.09. The van der Waals surface area contributed by atoms with E-state index in [0.717, 1.165) is 5.56 Å². The minimum Gasteiger partial charge on any atom is -0.496 e. The van der Waals surface area contributed by atoms with Crippen LogP contribution < -0.4 is 29.0 Å². The maximum absolute atomic E-state index is 12.7. The second-order valence-corrected chi connectivity index (χ2v) is 5.37. The average Bonchev–Trinajstić information content (AvgIpc) is 2.67. The lowest BCUT2D eigenvalue weighted by Crippen LogP contribution is -2.13. The molecule has 1 amide bonds. The molecule has 2 aromatic carbocycles. The highest BCUT2D eigenvalue weighted by Gasteiger charge is 2.18. The van der Waals surface area contributed by atoms with Crippen LogP contribution in [0.4, 0.5) is 5.69 Å². The fraction of sp³-hybridized carbons (Fsp3) is 0.316. The van der Waals surface area contributed by atoms with E-state index in [1.807, 2.05) is 6.92 Å². The van der Waals surface area contributed by atoms with Gasteiger partial charge in [-0.3, -0.25) is 4.79 Å².